The summed E-state index contributed by atoms with van der Waals surface area (Å²) in [4.78, 5) is 0. The van der Waals surface area contributed by atoms with Gasteiger partial charge >= 0.3 is 0 Å². The monoisotopic (exact) mass is 166 g/mol. The number of hydrogen-bond donors (Lipinski definition) is 1. The van der Waals surface area contributed by atoms with Crippen molar-refractivity contribution in [1.82, 2.24) is 0 Å². The quantitative estimate of drug-likeness (QED) is 0.355. The van der Waals surface area contributed by atoms with Crippen molar-refractivity contribution in [2.75, 3.05) is 34.0 Å². The van der Waals surface area contributed by atoms with Crippen LogP contribution in [0.3, 0.4) is 0 Å². The van der Waals surface area contributed by atoms with Crippen molar-refractivity contribution in [3.63, 3.8) is 0 Å². The van der Waals surface area contributed by atoms with E-state index in [4.69, 9.17) is 14.2 Å². The van der Waals surface area contributed by atoms with Crippen LogP contribution in [0.25, 0.3) is 0 Å². The number of rotatable bonds is 6. The summed E-state index contributed by atoms with van der Waals surface area (Å²) < 4.78 is 14.7. The maximum absolute atomic E-state index is 5.10. The van der Waals surface area contributed by atoms with Crippen molar-refractivity contribution < 1.29 is 14.2 Å². The van der Waals surface area contributed by atoms with Gasteiger partial charge < -0.3 is 14.2 Å². The molecule has 0 spiro atoms. The molecule has 0 rings (SSSR count). The molecule has 0 amide bonds. The predicted molar refractivity (Wildman–Crippen MR) is 42.5 cm³/mol. The van der Waals surface area contributed by atoms with Gasteiger partial charge in [-0.3, -0.25) is 0 Å². The Kier molecular flexibility index (Phi) is 7.51. The van der Waals surface area contributed by atoms with Crippen molar-refractivity contribution in [3.8, 4) is 0 Å². The lowest BCUT2D eigenvalue weighted by molar-refractivity contribution is 0.0274. The van der Waals surface area contributed by atoms with E-state index in [9.17, 15) is 0 Å². The molecule has 0 saturated carbocycles. The van der Waals surface area contributed by atoms with Crippen molar-refractivity contribution in [3.05, 3.63) is 0 Å². The second-order valence-electron chi connectivity index (χ2n) is 1.76. The molecular weight excluding hydrogens is 152 g/mol. The second kappa shape index (κ2) is 7.34. The number of methoxy groups -OCH3 is 2. The average Bonchev–Trinajstić information content (AvgIpc) is 1.98. The van der Waals surface area contributed by atoms with Gasteiger partial charge in [-0.15, -0.1) is 12.6 Å². The Morgan fingerprint density at radius 3 is 2.50 bits per heavy atom. The van der Waals surface area contributed by atoms with E-state index < -0.39 is 0 Å². The van der Waals surface area contributed by atoms with E-state index in [-0.39, 0.29) is 5.44 Å². The molecule has 62 valence electrons. The first kappa shape index (κ1) is 10.2. The van der Waals surface area contributed by atoms with Gasteiger partial charge in [-0.1, -0.05) is 0 Å². The number of thiol groups is 1. The average molecular weight is 166 g/mol. The SMILES string of the molecule is COCCOCC(S)OC. The lowest BCUT2D eigenvalue weighted by Gasteiger charge is -2.08. The van der Waals surface area contributed by atoms with E-state index in [2.05, 4.69) is 12.6 Å². The molecule has 0 aromatic carbocycles. The molecule has 0 aromatic heterocycles. The minimum absolute atomic E-state index is 0.128. The summed E-state index contributed by atoms with van der Waals surface area (Å²) in [5.74, 6) is 0. The molecule has 0 saturated heterocycles. The van der Waals surface area contributed by atoms with Crippen LogP contribution in [0.1, 0.15) is 0 Å². The van der Waals surface area contributed by atoms with Crippen LogP contribution in [0.2, 0.25) is 0 Å². The van der Waals surface area contributed by atoms with Gasteiger partial charge in [0.25, 0.3) is 0 Å². The zero-order chi connectivity index (χ0) is 7.82. The molecule has 0 fully saturated rings. The predicted octanol–water partition coefficient (Wildman–Crippen LogP) is 0.552. The minimum Gasteiger partial charge on any atom is -0.382 e. The smallest absolute Gasteiger partial charge is 0.123 e. The first-order valence-corrected chi connectivity index (χ1v) is 3.60. The largest absolute Gasteiger partial charge is 0.382 e. The molecule has 0 aliphatic carbocycles. The van der Waals surface area contributed by atoms with Gasteiger partial charge in [0.15, 0.2) is 0 Å². The molecule has 4 heteroatoms. The van der Waals surface area contributed by atoms with Crippen molar-refractivity contribution >= 4 is 12.6 Å². The maximum Gasteiger partial charge on any atom is 0.123 e. The Balaban J connectivity index is 2.89. The first-order chi connectivity index (χ1) is 4.81. The van der Waals surface area contributed by atoms with Gasteiger partial charge in [0.05, 0.1) is 19.8 Å². The highest BCUT2D eigenvalue weighted by Gasteiger charge is 1.97. The van der Waals surface area contributed by atoms with E-state index in [1.165, 1.54) is 0 Å². The number of ether oxygens (including phenoxy) is 3. The molecule has 1 atom stereocenters. The molecule has 0 heterocycles. The topological polar surface area (TPSA) is 27.7 Å². The van der Waals surface area contributed by atoms with E-state index >= 15 is 0 Å². The highest BCUT2D eigenvalue weighted by molar-refractivity contribution is 7.80. The Morgan fingerprint density at radius 2 is 2.00 bits per heavy atom. The van der Waals surface area contributed by atoms with Gasteiger partial charge in [-0.2, -0.15) is 0 Å². The molecule has 0 aliphatic heterocycles. The highest BCUT2D eigenvalue weighted by atomic mass is 32.1. The van der Waals surface area contributed by atoms with Gasteiger partial charge in [-0.05, 0) is 0 Å². The van der Waals surface area contributed by atoms with Gasteiger partial charge in [0.1, 0.15) is 5.44 Å². The summed E-state index contributed by atoms with van der Waals surface area (Å²) in [6, 6.07) is 0. The second-order valence-corrected chi connectivity index (χ2v) is 2.33. The normalized spacial score (nSPS) is 13.5. The molecule has 3 nitrogen and oxygen atoms in total. The van der Waals surface area contributed by atoms with Crippen LogP contribution in [0.15, 0.2) is 0 Å². The fourth-order valence-corrected chi connectivity index (χ4v) is 0.500. The molecular formula is C6H14O3S. The van der Waals surface area contributed by atoms with Crippen molar-refractivity contribution in [2.24, 2.45) is 0 Å². The summed E-state index contributed by atoms with van der Waals surface area (Å²) in [6.07, 6.45) is 0. The van der Waals surface area contributed by atoms with Gasteiger partial charge in [-0.25, -0.2) is 0 Å². The fraction of sp³-hybridized carbons (Fsp3) is 1.00. The maximum atomic E-state index is 5.10. The van der Waals surface area contributed by atoms with Crippen LogP contribution in [-0.4, -0.2) is 39.5 Å². The van der Waals surface area contributed by atoms with Crippen molar-refractivity contribution in [2.45, 2.75) is 5.44 Å². The summed E-state index contributed by atoms with van der Waals surface area (Å²) in [5, 5.41) is 0. The highest BCUT2D eigenvalue weighted by Crippen LogP contribution is 1.94. The van der Waals surface area contributed by atoms with Crippen LogP contribution in [0.4, 0.5) is 0 Å². The minimum atomic E-state index is -0.128. The molecule has 0 bridgehead atoms. The Hall–Kier alpha value is 0.230. The molecule has 0 N–H and O–H groups in total. The zero-order valence-corrected chi connectivity index (χ0v) is 7.27. The third-order valence-corrected chi connectivity index (χ3v) is 1.32. The Labute approximate surface area is 67.1 Å². The summed E-state index contributed by atoms with van der Waals surface area (Å²) >= 11 is 4.04. The van der Waals surface area contributed by atoms with E-state index in [0.29, 0.717) is 19.8 Å². The number of hydrogen-bond acceptors (Lipinski definition) is 4. The van der Waals surface area contributed by atoms with Gasteiger partial charge in [0.2, 0.25) is 0 Å². The lowest BCUT2D eigenvalue weighted by Crippen LogP contribution is -2.13. The molecule has 1 unspecified atom stereocenters. The first-order valence-electron chi connectivity index (χ1n) is 3.08. The van der Waals surface area contributed by atoms with E-state index in [1.807, 2.05) is 0 Å². The zero-order valence-electron chi connectivity index (χ0n) is 6.37. The molecule has 0 aromatic rings. The molecule has 0 radical (unpaired) electrons. The van der Waals surface area contributed by atoms with Crippen LogP contribution >= 0.6 is 12.6 Å². The van der Waals surface area contributed by atoms with Crippen LogP contribution in [0.5, 0.6) is 0 Å². The lowest BCUT2D eigenvalue weighted by atomic mass is 10.7. The standard InChI is InChI=1S/C6H14O3S/c1-7-3-4-9-5-6(10)8-2/h6,10H,3-5H2,1-2H3. The third kappa shape index (κ3) is 6.35. The van der Waals surface area contributed by atoms with Crippen molar-refractivity contribution in [1.29, 1.82) is 0 Å². The third-order valence-electron chi connectivity index (χ3n) is 0.964. The molecule has 0 aliphatic rings. The summed E-state index contributed by atoms with van der Waals surface area (Å²) in [5.41, 5.74) is -0.128. The van der Waals surface area contributed by atoms with Crippen LogP contribution in [-0.2, 0) is 14.2 Å². The molecule has 10 heavy (non-hydrogen) atoms. The van der Waals surface area contributed by atoms with Gasteiger partial charge in [0, 0.05) is 14.2 Å². The van der Waals surface area contributed by atoms with Crippen LogP contribution < -0.4 is 0 Å². The summed E-state index contributed by atoms with van der Waals surface area (Å²) in [6.45, 7) is 1.71. The van der Waals surface area contributed by atoms with Crippen LogP contribution in [0, 0.1) is 0 Å². The van der Waals surface area contributed by atoms with E-state index in [0.717, 1.165) is 0 Å². The Bertz CT molecular complexity index is 70.0. The van der Waals surface area contributed by atoms with E-state index in [1.54, 1.807) is 14.2 Å². The Morgan fingerprint density at radius 1 is 1.30 bits per heavy atom. The summed E-state index contributed by atoms with van der Waals surface area (Å²) in [7, 11) is 3.23. The fourth-order valence-electron chi connectivity index (χ4n) is 0.394.